The number of phosphoric acid groups is 1. The van der Waals surface area contributed by atoms with Gasteiger partial charge in [-0.2, -0.15) is 0 Å². The molecule has 13 nitrogen and oxygen atoms in total. The molecule has 2 N–H and O–H groups in total. The molecule has 0 bridgehead atoms. The Bertz CT molecular complexity index is 1710. The highest BCUT2D eigenvalue weighted by molar-refractivity contribution is 7.46. The number of carbonyl (C=O) groups is 1. The van der Waals surface area contributed by atoms with Crippen molar-refractivity contribution in [2.45, 2.75) is 32.3 Å². The number of hydrogen-bond donors (Lipinski definition) is 2. The number of pyridine rings is 1. The van der Waals surface area contributed by atoms with Crippen LogP contribution in [-0.4, -0.2) is 64.3 Å². The SMILES string of the molecule is [2H]c1nc(Cc2c([2H])c(OC)c(OC)c(OC)c2[2H])nc(Cc2nc3c(c([2H])c2[2H])OC(C)(C)C(=O)N3COP(=O)(O)O)c1F. The number of halogens is 1. The van der Waals surface area contributed by atoms with E-state index in [0.717, 1.165) is 4.90 Å². The van der Waals surface area contributed by atoms with Crippen LogP contribution in [0.15, 0.2) is 30.3 Å². The molecule has 214 valence electrons. The van der Waals surface area contributed by atoms with Crippen LogP contribution in [0.1, 0.15) is 43.5 Å². The average molecular weight is 584 g/mol. The zero-order valence-corrected chi connectivity index (χ0v) is 22.9. The number of methoxy groups -OCH3 is 3. The van der Waals surface area contributed by atoms with Gasteiger partial charge in [0.1, 0.15) is 12.6 Å². The summed E-state index contributed by atoms with van der Waals surface area (Å²) in [6, 6.07) is -1.61. The highest BCUT2D eigenvalue weighted by atomic mass is 31.2. The van der Waals surface area contributed by atoms with Crippen molar-refractivity contribution < 1.29 is 53.9 Å². The number of aromatic nitrogens is 3. The second kappa shape index (κ2) is 11.3. The molecule has 15 heteroatoms. The Kier molecular flexibility index (Phi) is 6.50. The van der Waals surface area contributed by atoms with E-state index in [-0.39, 0.29) is 58.6 Å². The molecule has 0 fully saturated rings. The summed E-state index contributed by atoms with van der Waals surface area (Å²) in [5.41, 5.74) is -2.33. The first-order valence-corrected chi connectivity index (χ1v) is 13.0. The Balaban J connectivity index is 1.80. The van der Waals surface area contributed by atoms with Crippen LogP contribution in [0.5, 0.6) is 23.0 Å². The van der Waals surface area contributed by atoms with E-state index < -0.39 is 68.1 Å². The Morgan fingerprint density at radius 2 is 1.77 bits per heavy atom. The van der Waals surface area contributed by atoms with Crippen molar-refractivity contribution >= 4 is 19.5 Å². The van der Waals surface area contributed by atoms with Crippen LogP contribution in [0.2, 0.25) is 0 Å². The second-order valence-electron chi connectivity index (χ2n) is 8.75. The van der Waals surface area contributed by atoms with E-state index >= 15 is 4.39 Å². The van der Waals surface area contributed by atoms with Crippen LogP contribution in [-0.2, 0) is 26.7 Å². The maximum Gasteiger partial charge on any atom is 0.471 e. The summed E-state index contributed by atoms with van der Waals surface area (Å²) in [5.74, 6) is -3.00. The Morgan fingerprint density at radius 3 is 2.38 bits per heavy atom. The number of phosphoric ester groups is 1. The molecule has 0 spiro atoms. The van der Waals surface area contributed by atoms with Crippen molar-refractivity contribution in [3.05, 3.63) is 58.9 Å². The lowest BCUT2D eigenvalue weighted by molar-refractivity contribution is -0.133. The highest BCUT2D eigenvalue weighted by Crippen LogP contribution is 2.41. The monoisotopic (exact) mass is 583 g/mol. The number of anilines is 1. The standard InChI is InChI=1S/C25H28FN4O9P/c1-25(2)24(31)30(13-38-40(32,33)34)23-18(39-25)7-6-15(28-23)11-17-16(26)12-27-21(29-17)10-14-8-19(35-3)22(37-5)20(9-14)36-4/h6-9,12H,10-11,13H2,1-5H3,(H2,32,33,34)/i6D,7D,8D,9D,12D. The summed E-state index contributed by atoms with van der Waals surface area (Å²) in [5, 5.41) is 0. The molecule has 1 aliphatic rings. The van der Waals surface area contributed by atoms with E-state index in [0.29, 0.717) is 0 Å². The fraction of sp³-hybridized carbons (Fsp3) is 0.360. The van der Waals surface area contributed by atoms with Gasteiger partial charge in [-0.3, -0.25) is 14.2 Å². The van der Waals surface area contributed by atoms with Gasteiger partial charge in [0.15, 0.2) is 34.5 Å². The first-order valence-electron chi connectivity index (χ1n) is 14.0. The molecule has 0 aliphatic carbocycles. The van der Waals surface area contributed by atoms with E-state index in [2.05, 4.69) is 19.5 Å². The lowest BCUT2D eigenvalue weighted by atomic mass is 10.1. The number of nitrogens with zero attached hydrogens (tertiary/aromatic N) is 4. The van der Waals surface area contributed by atoms with Gasteiger partial charge in [-0.1, -0.05) is 0 Å². The molecule has 40 heavy (non-hydrogen) atoms. The lowest BCUT2D eigenvalue weighted by Gasteiger charge is -2.37. The maximum absolute atomic E-state index is 15.2. The highest BCUT2D eigenvalue weighted by Gasteiger charge is 2.42. The number of rotatable bonds is 10. The fourth-order valence-corrected chi connectivity index (χ4v) is 3.97. The summed E-state index contributed by atoms with van der Waals surface area (Å²) in [6.07, 6.45) is -1.77. The van der Waals surface area contributed by atoms with E-state index in [1.54, 1.807) is 0 Å². The van der Waals surface area contributed by atoms with Gasteiger partial charge in [-0.25, -0.2) is 23.9 Å². The van der Waals surface area contributed by atoms with Crippen LogP contribution in [0.25, 0.3) is 0 Å². The largest absolute Gasteiger partial charge is 0.493 e. The molecular weight excluding hydrogens is 550 g/mol. The molecule has 1 amide bonds. The van der Waals surface area contributed by atoms with Crippen LogP contribution in [0.3, 0.4) is 0 Å². The molecular formula is C25H28FN4O9P. The van der Waals surface area contributed by atoms with Crippen molar-refractivity contribution in [1.29, 1.82) is 0 Å². The quantitative estimate of drug-likeness (QED) is 0.336. The Hall–Kier alpha value is -3.84. The molecule has 4 rings (SSSR count). The van der Waals surface area contributed by atoms with Crippen molar-refractivity contribution in [3.8, 4) is 23.0 Å². The minimum absolute atomic E-state index is 0.0133. The van der Waals surface area contributed by atoms with E-state index in [1.807, 2.05) is 0 Å². The molecule has 3 aromatic rings. The smallest absolute Gasteiger partial charge is 0.471 e. The normalized spacial score (nSPS) is 16.1. The van der Waals surface area contributed by atoms with Gasteiger partial charge in [0.05, 0.1) is 40.1 Å². The van der Waals surface area contributed by atoms with E-state index in [1.165, 1.54) is 35.2 Å². The van der Waals surface area contributed by atoms with Gasteiger partial charge in [0.25, 0.3) is 5.91 Å². The van der Waals surface area contributed by atoms with E-state index in [9.17, 15) is 19.1 Å². The number of benzene rings is 1. The second-order valence-corrected chi connectivity index (χ2v) is 9.99. The van der Waals surface area contributed by atoms with Gasteiger partial charge in [-0.15, -0.1) is 0 Å². The third-order valence-electron chi connectivity index (χ3n) is 5.52. The topological polar surface area (TPSA) is 163 Å². The minimum Gasteiger partial charge on any atom is -0.493 e. The molecule has 3 heterocycles. The predicted octanol–water partition coefficient (Wildman–Crippen LogP) is 2.79. The van der Waals surface area contributed by atoms with Crippen molar-refractivity contribution in [3.63, 3.8) is 0 Å². The summed E-state index contributed by atoms with van der Waals surface area (Å²) in [4.78, 5) is 44.3. The molecule has 1 aliphatic heterocycles. The number of carbonyl (C=O) groups excluding carboxylic acids is 1. The molecule has 0 saturated carbocycles. The fourth-order valence-electron chi connectivity index (χ4n) is 3.71. The van der Waals surface area contributed by atoms with Crippen LogP contribution in [0, 0.1) is 5.82 Å². The Labute approximate surface area is 236 Å². The number of hydrogen-bond acceptors (Lipinski definition) is 10. The molecule has 0 unspecified atom stereocenters. The molecule has 0 saturated heterocycles. The minimum atomic E-state index is -5.05. The maximum atomic E-state index is 15.2. The zero-order chi connectivity index (χ0) is 33.6. The Morgan fingerprint density at radius 1 is 1.10 bits per heavy atom. The third kappa shape index (κ3) is 6.31. The van der Waals surface area contributed by atoms with Crippen molar-refractivity contribution in [2.75, 3.05) is 33.0 Å². The summed E-state index contributed by atoms with van der Waals surface area (Å²) in [7, 11) is -1.16. The average Bonchev–Trinajstić information content (AvgIpc) is 2.96. The number of amides is 1. The zero-order valence-electron chi connectivity index (χ0n) is 27.0. The summed E-state index contributed by atoms with van der Waals surface area (Å²) in [6.45, 7) is 1.70. The third-order valence-corrected chi connectivity index (χ3v) is 5.97. The van der Waals surface area contributed by atoms with Crippen LogP contribution in [0.4, 0.5) is 10.2 Å². The van der Waals surface area contributed by atoms with Crippen molar-refractivity contribution in [1.82, 2.24) is 15.0 Å². The lowest BCUT2D eigenvalue weighted by Crippen LogP contribution is -2.53. The summed E-state index contributed by atoms with van der Waals surface area (Å²) >= 11 is 0. The van der Waals surface area contributed by atoms with Gasteiger partial charge in [0, 0.05) is 18.5 Å². The van der Waals surface area contributed by atoms with Crippen LogP contribution >= 0.6 is 7.82 Å². The summed E-state index contributed by atoms with van der Waals surface area (Å²) < 4.78 is 94.6. The van der Waals surface area contributed by atoms with Gasteiger partial charge < -0.3 is 28.7 Å². The van der Waals surface area contributed by atoms with Crippen molar-refractivity contribution in [2.24, 2.45) is 0 Å². The van der Waals surface area contributed by atoms with Gasteiger partial charge in [-0.05, 0) is 43.6 Å². The number of fused-ring (bicyclic) bond motifs is 1. The van der Waals surface area contributed by atoms with E-state index in [4.69, 9.17) is 25.8 Å². The molecule has 0 atom stereocenters. The van der Waals surface area contributed by atoms with Crippen LogP contribution < -0.4 is 23.8 Å². The number of ether oxygens (including phenoxy) is 4. The molecule has 0 radical (unpaired) electrons. The predicted molar refractivity (Wildman–Crippen MR) is 138 cm³/mol. The van der Waals surface area contributed by atoms with Gasteiger partial charge in [0.2, 0.25) is 5.75 Å². The van der Waals surface area contributed by atoms with Gasteiger partial charge >= 0.3 is 7.82 Å². The molecule has 1 aromatic carbocycles. The molecule has 2 aromatic heterocycles. The first-order chi connectivity index (χ1) is 20.9. The first kappa shape index (κ1) is 22.9.